The van der Waals surface area contributed by atoms with Gasteiger partial charge in [0.15, 0.2) is 5.82 Å². The summed E-state index contributed by atoms with van der Waals surface area (Å²) >= 11 is 0. The number of pyridine rings is 1. The molecule has 5 nitrogen and oxygen atoms in total. The molecule has 0 aliphatic heterocycles. The van der Waals surface area contributed by atoms with Crippen molar-refractivity contribution < 1.29 is 4.52 Å². The fraction of sp³-hybridized carbons (Fsp3) is 0.222. The average Bonchev–Trinajstić information content (AvgIpc) is 2.67. The van der Waals surface area contributed by atoms with Gasteiger partial charge in [-0.15, -0.1) is 0 Å². The van der Waals surface area contributed by atoms with E-state index in [9.17, 15) is 0 Å². The highest BCUT2D eigenvalue weighted by Gasteiger charge is 1.98. The molecule has 0 aliphatic rings. The number of aryl methyl sites for hydroxylation is 1. The molecule has 1 N–H and O–H groups in total. The number of rotatable bonds is 3. The Kier molecular flexibility index (Phi) is 2.40. The lowest BCUT2D eigenvalue weighted by Gasteiger charge is -2.02. The van der Waals surface area contributed by atoms with E-state index in [-0.39, 0.29) is 0 Å². The third kappa shape index (κ3) is 2.07. The van der Waals surface area contributed by atoms with Crippen molar-refractivity contribution in [2.24, 2.45) is 0 Å². The van der Waals surface area contributed by atoms with Crippen LogP contribution < -0.4 is 5.32 Å². The number of hydrogen-bond donors (Lipinski definition) is 1. The van der Waals surface area contributed by atoms with Crippen LogP contribution in [0.15, 0.2) is 29.2 Å². The number of anilines is 1. The van der Waals surface area contributed by atoms with Gasteiger partial charge in [0, 0.05) is 17.6 Å². The van der Waals surface area contributed by atoms with Crippen molar-refractivity contribution in [2.45, 2.75) is 13.5 Å². The van der Waals surface area contributed by atoms with Crippen LogP contribution in [0.5, 0.6) is 0 Å². The Bertz CT molecular complexity index is 399. The van der Waals surface area contributed by atoms with Crippen molar-refractivity contribution in [1.82, 2.24) is 15.1 Å². The van der Waals surface area contributed by atoms with Crippen molar-refractivity contribution in [1.29, 1.82) is 0 Å². The summed E-state index contributed by atoms with van der Waals surface area (Å²) < 4.78 is 4.61. The normalized spacial score (nSPS) is 10.1. The van der Waals surface area contributed by atoms with Gasteiger partial charge in [-0.1, -0.05) is 5.16 Å². The molecule has 2 aromatic rings. The van der Waals surface area contributed by atoms with Gasteiger partial charge in [-0.2, -0.15) is 4.98 Å². The molecular weight excluding hydrogens is 180 g/mol. The molecule has 0 radical (unpaired) electrons. The average molecular weight is 190 g/mol. The Balaban J connectivity index is 1.98. The van der Waals surface area contributed by atoms with Crippen LogP contribution in [0.2, 0.25) is 0 Å². The van der Waals surface area contributed by atoms with Gasteiger partial charge in [-0.3, -0.25) is 4.98 Å². The molecule has 0 bridgehead atoms. The molecule has 2 aromatic heterocycles. The summed E-state index contributed by atoms with van der Waals surface area (Å²) in [6.07, 6.45) is 3.07. The zero-order valence-corrected chi connectivity index (χ0v) is 7.77. The number of hydrogen-bond acceptors (Lipinski definition) is 5. The lowest BCUT2D eigenvalue weighted by atomic mass is 10.3. The van der Waals surface area contributed by atoms with Crippen LogP contribution in [0, 0.1) is 6.92 Å². The quantitative estimate of drug-likeness (QED) is 0.792. The zero-order valence-electron chi connectivity index (χ0n) is 7.77. The van der Waals surface area contributed by atoms with E-state index in [0.29, 0.717) is 12.4 Å². The van der Waals surface area contributed by atoms with Crippen LogP contribution >= 0.6 is 0 Å². The van der Waals surface area contributed by atoms with Gasteiger partial charge in [-0.25, -0.2) is 0 Å². The molecule has 0 aliphatic carbocycles. The lowest BCUT2D eigenvalue weighted by molar-refractivity contribution is 0.411. The van der Waals surface area contributed by atoms with Gasteiger partial charge < -0.3 is 9.84 Å². The highest BCUT2D eigenvalue weighted by atomic mass is 16.5. The zero-order chi connectivity index (χ0) is 9.80. The smallest absolute Gasteiger partial charge is 0.213 e. The van der Waals surface area contributed by atoms with E-state index in [4.69, 9.17) is 0 Å². The Morgan fingerprint density at radius 3 is 3.07 bits per heavy atom. The number of aromatic nitrogens is 3. The molecule has 0 aromatic carbocycles. The fourth-order valence-corrected chi connectivity index (χ4v) is 1.11. The maximum absolute atomic E-state index is 4.61. The maximum Gasteiger partial charge on any atom is 0.213 e. The summed E-state index contributed by atoms with van der Waals surface area (Å²) in [5.74, 6) is 0.638. The van der Waals surface area contributed by atoms with Crippen LogP contribution in [-0.4, -0.2) is 15.1 Å². The third-order valence-corrected chi connectivity index (χ3v) is 1.75. The van der Waals surface area contributed by atoms with Crippen LogP contribution in [0.3, 0.4) is 0 Å². The van der Waals surface area contributed by atoms with Crippen molar-refractivity contribution in [3.05, 3.63) is 36.2 Å². The van der Waals surface area contributed by atoms with E-state index < -0.39 is 0 Å². The molecular formula is C9H10N4O. The van der Waals surface area contributed by atoms with Crippen LogP contribution in [0.4, 0.5) is 5.69 Å². The summed E-state index contributed by atoms with van der Waals surface area (Å²) in [7, 11) is 0. The summed E-state index contributed by atoms with van der Waals surface area (Å²) in [5.41, 5.74) is 1.98. The molecule has 0 fully saturated rings. The standard InChI is InChI=1S/C9H10N4O/c1-7-4-8(2-3-10-7)11-5-9-12-6-14-13-9/h2-4,6H,5H2,1H3,(H,10,11). The van der Waals surface area contributed by atoms with E-state index in [1.165, 1.54) is 6.39 Å². The van der Waals surface area contributed by atoms with E-state index >= 15 is 0 Å². The molecule has 0 spiro atoms. The summed E-state index contributed by atoms with van der Waals surface area (Å²) in [6.45, 7) is 2.50. The molecule has 2 rings (SSSR count). The first kappa shape index (κ1) is 8.68. The van der Waals surface area contributed by atoms with Crippen molar-refractivity contribution in [3.63, 3.8) is 0 Å². The predicted molar refractivity (Wildman–Crippen MR) is 50.6 cm³/mol. The second kappa shape index (κ2) is 3.87. The summed E-state index contributed by atoms with van der Waals surface area (Å²) in [6, 6.07) is 3.85. The van der Waals surface area contributed by atoms with Crippen LogP contribution in [0.1, 0.15) is 11.5 Å². The molecule has 0 saturated heterocycles. The highest BCUT2D eigenvalue weighted by Crippen LogP contribution is 2.07. The van der Waals surface area contributed by atoms with Crippen molar-refractivity contribution >= 4 is 5.69 Å². The molecule has 72 valence electrons. The van der Waals surface area contributed by atoms with E-state index in [0.717, 1.165) is 11.4 Å². The molecule has 5 heteroatoms. The van der Waals surface area contributed by atoms with Crippen molar-refractivity contribution in [2.75, 3.05) is 5.32 Å². The van der Waals surface area contributed by atoms with Crippen molar-refractivity contribution in [3.8, 4) is 0 Å². The summed E-state index contributed by atoms with van der Waals surface area (Å²) in [4.78, 5) is 7.99. The Morgan fingerprint density at radius 1 is 1.43 bits per heavy atom. The molecule has 0 atom stereocenters. The second-order valence-corrected chi connectivity index (χ2v) is 2.89. The van der Waals surface area contributed by atoms with Gasteiger partial charge in [0.25, 0.3) is 0 Å². The molecule has 2 heterocycles. The van der Waals surface area contributed by atoms with E-state index in [2.05, 4.69) is 25.0 Å². The molecule has 0 amide bonds. The highest BCUT2D eigenvalue weighted by molar-refractivity contribution is 5.42. The lowest BCUT2D eigenvalue weighted by Crippen LogP contribution is -2.01. The largest absolute Gasteiger partial charge is 0.378 e. The van der Waals surface area contributed by atoms with E-state index in [1.54, 1.807) is 6.20 Å². The van der Waals surface area contributed by atoms with E-state index in [1.807, 2.05) is 19.1 Å². The Labute approximate surface area is 81.2 Å². The minimum Gasteiger partial charge on any atom is -0.378 e. The second-order valence-electron chi connectivity index (χ2n) is 2.89. The minimum atomic E-state index is 0.556. The van der Waals surface area contributed by atoms with Gasteiger partial charge in [0.1, 0.15) is 0 Å². The minimum absolute atomic E-state index is 0.556. The monoisotopic (exact) mass is 190 g/mol. The topological polar surface area (TPSA) is 63.8 Å². The molecule has 0 unspecified atom stereocenters. The third-order valence-electron chi connectivity index (χ3n) is 1.75. The molecule has 0 saturated carbocycles. The SMILES string of the molecule is Cc1cc(NCc2ncon2)ccn1. The first-order valence-corrected chi connectivity index (χ1v) is 4.26. The first-order valence-electron chi connectivity index (χ1n) is 4.26. The maximum atomic E-state index is 4.61. The Hall–Kier alpha value is -1.91. The van der Waals surface area contributed by atoms with Crippen LogP contribution in [0.25, 0.3) is 0 Å². The first-order chi connectivity index (χ1) is 6.84. The fourth-order valence-electron chi connectivity index (χ4n) is 1.11. The van der Waals surface area contributed by atoms with Gasteiger partial charge in [0.2, 0.25) is 6.39 Å². The predicted octanol–water partition coefficient (Wildman–Crippen LogP) is 1.39. The van der Waals surface area contributed by atoms with Crippen LogP contribution in [-0.2, 0) is 6.54 Å². The molecule has 14 heavy (non-hydrogen) atoms. The summed E-state index contributed by atoms with van der Waals surface area (Å²) in [5, 5.41) is 6.85. The van der Waals surface area contributed by atoms with Gasteiger partial charge in [-0.05, 0) is 19.1 Å². The Morgan fingerprint density at radius 2 is 2.36 bits per heavy atom. The number of nitrogens with zero attached hydrogens (tertiary/aromatic N) is 3. The number of nitrogens with one attached hydrogen (secondary N) is 1. The van der Waals surface area contributed by atoms with Gasteiger partial charge in [0.05, 0.1) is 6.54 Å². The van der Waals surface area contributed by atoms with Gasteiger partial charge >= 0.3 is 0 Å².